The fourth-order valence-electron chi connectivity index (χ4n) is 1.93. The third kappa shape index (κ3) is 2.62. The van der Waals surface area contributed by atoms with E-state index in [0.717, 1.165) is 40.7 Å². The first kappa shape index (κ1) is 11.9. The van der Waals surface area contributed by atoms with E-state index in [0.29, 0.717) is 0 Å². The summed E-state index contributed by atoms with van der Waals surface area (Å²) in [5, 5.41) is 2.12. The number of halogens is 1. The minimum atomic E-state index is 0.796. The Morgan fingerprint density at radius 1 is 1.33 bits per heavy atom. The molecule has 3 aromatic rings. The third-order valence-corrected chi connectivity index (χ3v) is 4.14. The van der Waals surface area contributed by atoms with Gasteiger partial charge in [-0.1, -0.05) is 6.07 Å². The molecule has 0 spiro atoms. The van der Waals surface area contributed by atoms with E-state index in [1.807, 2.05) is 17.4 Å². The fourth-order valence-corrected chi connectivity index (χ4v) is 3.01. The number of thiophene rings is 1. The molecule has 18 heavy (non-hydrogen) atoms. The van der Waals surface area contributed by atoms with Crippen molar-refractivity contribution in [3.63, 3.8) is 0 Å². The number of rotatable bonds is 4. The Balaban J connectivity index is 1.67. The standard InChI is InChI=1S/C13H12BrN3S/c14-9-7-11-13(15-8-9)17-12(16-11)5-1-3-10-4-2-6-18-10/h2,4,6-8H,1,3,5H2,(H,15,16,17). The number of aromatic nitrogens is 3. The number of H-pyrrole nitrogens is 1. The van der Waals surface area contributed by atoms with Gasteiger partial charge >= 0.3 is 0 Å². The molecule has 0 unspecified atom stereocenters. The van der Waals surface area contributed by atoms with Gasteiger partial charge in [-0.05, 0) is 46.3 Å². The summed E-state index contributed by atoms with van der Waals surface area (Å²) in [6.07, 6.45) is 4.97. The van der Waals surface area contributed by atoms with Crippen LogP contribution in [-0.2, 0) is 12.8 Å². The normalized spacial score (nSPS) is 11.2. The summed E-state index contributed by atoms with van der Waals surface area (Å²) in [6, 6.07) is 6.29. The minimum absolute atomic E-state index is 0.796. The molecule has 0 amide bonds. The third-order valence-electron chi connectivity index (χ3n) is 2.77. The van der Waals surface area contributed by atoms with Gasteiger partial charge in [0.25, 0.3) is 0 Å². The number of hydrogen-bond acceptors (Lipinski definition) is 3. The molecule has 1 N–H and O–H groups in total. The van der Waals surface area contributed by atoms with Crippen molar-refractivity contribution in [3.8, 4) is 0 Å². The second-order valence-electron chi connectivity index (χ2n) is 4.14. The highest BCUT2D eigenvalue weighted by Crippen LogP contribution is 2.17. The molecule has 0 aliphatic heterocycles. The van der Waals surface area contributed by atoms with E-state index >= 15 is 0 Å². The zero-order valence-corrected chi connectivity index (χ0v) is 12.1. The van der Waals surface area contributed by atoms with Crippen LogP contribution in [0.2, 0.25) is 0 Å². The highest BCUT2D eigenvalue weighted by atomic mass is 79.9. The van der Waals surface area contributed by atoms with Crippen molar-refractivity contribution in [1.82, 2.24) is 15.0 Å². The van der Waals surface area contributed by atoms with Crippen LogP contribution in [0.3, 0.4) is 0 Å². The monoisotopic (exact) mass is 321 g/mol. The van der Waals surface area contributed by atoms with E-state index in [1.165, 1.54) is 4.88 Å². The number of aromatic amines is 1. The van der Waals surface area contributed by atoms with Crippen molar-refractivity contribution in [2.45, 2.75) is 19.3 Å². The van der Waals surface area contributed by atoms with Crippen LogP contribution < -0.4 is 0 Å². The second-order valence-corrected chi connectivity index (χ2v) is 6.09. The van der Waals surface area contributed by atoms with Gasteiger partial charge in [0.1, 0.15) is 5.82 Å². The van der Waals surface area contributed by atoms with E-state index in [4.69, 9.17) is 0 Å². The van der Waals surface area contributed by atoms with Crippen molar-refractivity contribution >= 4 is 38.4 Å². The molecule has 3 heterocycles. The zero-order valence-electron chi connectivity index (χ0n) is 9.69. The van der Waals surface area contributed by atoms with Crippen molar-refractivity contribution < 1.29 is 0 Å². The molecule has 0 saturated heterocycles. The van der Waals surface area contributed by atoms with Gasteiger partial charge in [-0.3, -0.25) is 0 Å². The van der Waals surface area contributed by atoms with E-state index in [2.05, 4.69) is 48.4 Å². The summed E-state index contributed by atoms with van der Waals surface area (Å²) in [7, 11) is 0. The summed E-state index contributed by atoms with van der Waals surface area (Å²) >= 11 is 5.23. The van der Waals surface area contributed by atoms with Gasteiger partial charge in [0.05, 0.1) is 5.52 Å². The van der Waals surface area contributed by atoms with Crippen LogP contribution in [-0.4, -0.2) is 15.0 Å². The molecule has 3 rings (SSSR count). The maximum atomic E-state index is 4.49. The maximum Gasteiger partial charge on any atom is 0.177 e. The number of fused-ring (bicyclic) bond motifs is 1. The Morgan fingerprint density at radius 2 is 2.28 bits per heavy atom. The van der Waals surface area contributed by atoms with Gasteiger partial charge in [0.15, 0.2) is 5.65 Å². The van der Waals surface area contributed by atoms with E-state index < -0.39 is 0 Å². The number of aryl methyl sites for hydroxylation is 2. The first-order chi connectivity index (χ1) is 8.81. The largest absolute Gasteiger partial charge is 0.341 e. The molecule has 0 fully saturated rings. The van der Waals surface area contributed by atoms with Crippen molar-refractivity contribution in [2.75, 3.05) is 0 Å². The zero-order chi connectivity index (χ0) is 12.4. The van der Waals surface area contributed by atoms with Gasteiger partial charge in [-0.25, -0.2) is 9.97 Å². The lowest BCUT2D eigenvalue weighted by atomic mass is 10.2. The number of nitrogens with zero attached hydrogens (tertiary/aromatic N) is 2. The molecule has 3 nitrogen and oxygen atoms in total. The molecule has 0 aliphatic carbocycles. The molecule has 92 valence electrons. The van der Waals surface area contributed by atoms with Crippen LogP contribution in [0.4, 0.5) is 0 Å². The highest BCUT2D eigenvalue weighted by Gasteiger charge is 2.04. The van der Waals surface area contributed by atoms with Gasteiger partial charge < -0.3 is 4.98 Å². The summed E-state index contributed by atoms with van der Waals surface area (Å²) in [4.78, 5) is 13.5. The quantitative estimate of drug-likeness (QED) is 0.790. The first-order valence-electron chi connectivity index (χ1n) is 5.84. The summed E-state index contributed by atoms with van der Waals surface area (Å²) < 4.78 is 0.976. The molecule has 0 bridgehead atoms. The van der Waals surface area contributed by atoms with Crippen LogP contribution in [0, 0.1) is 0 Å². The average molecular weight is 322 g/mol. The Kier molecular flexibility index (Phi) is 3.43. The van der Waals surface area contributed by atoms with Crippen LogP contribution in [0.25, 0.3) is 11.2 Å². The lowest BCUT2D eigenvalue weighted by Gasteiger charge is -1.95. The molecule has 0 atom stereocenters. The van der Waals surface area contributed by atoms with Crippen molar-refractivity contribution in [3.05, 3.63) is 45.0 Å². The first-order valence-corrected chi connectivity index (χ1v) is 7.51. The summed E-state index contributed by atoms with van der Waals surface area (Å²) in [5.74, 6) is 1.02. The van der Waals surface area contributed by atoms with Gasteiger partial charge in [0.2, 0.25) is 0 Å². The number of pyridine rings is 1. The molecule has 5 heteroatoms. The molecular formula is C13H12BrN3S. The smallest absolute Gasteiger partial charge is 0.177 e. The minimum Gasteiger partial charge on any atom is -0.341 e. The lowest BCUT2D eigenvalue weighted by Crippen LogP contribution is -1.90. The van der Waals surface area contributed by atoms with Gasteiger partial charge in [-0.2, -0.15) is 0 Å². The number of hydrogen-bond donors (Lipinski definition) is 1. The number of nitrogens with one attached hydrogen (secondary N) is 1. The molecule has 0 saturated carbocycles. The van der Waals surface area contributed by atoms with E-state index in [-0.39, 0.29) is 0 Å². The van der Waals surface area contributed by atoms with Crippen LogP contribution in [0.15, 0.2) is 34.2 Å². The Morgan fingerprint density at radius 3 is 3.11 bits per heavy atom. The molecule has 0 aromatic carbocycles. The van der Waals surface area contributed by atoms with Crippen LogP contribution in [0.1, 0.15) is 17.1 Å². The molecule has 0 aliphatic rings. The van der Waals surface area contributed by atoms with Gasteiger partial charge in [-0.15, -0.1) is 11.3 Å². The molecule has 0 radical (unpaired) electrons. The molecular weight excluding hydrogens is 310 g/mol. The SMILES string of the molecule is Brc1cnc2nc(CCCc3cccs3)[nH]c2c1. The Bertz CT molecular complexity index is 645. The Hall–Kier alpha value is -1.20. The highest BCUT2D eigenvalue weighted by molar-refractivity contribution is 9.10. The number of imidazole rings is 1. The fraction of sp³-hybridized carbons (Fsp3) is 0.231. The van der Waals surface area contributed by atoms with Crippen molar-refractivity contribution in [1.29, 1.82) is 0 Å². The van der Waals surface area contributed by atoms with Crippen LogP contribution >= 0.6 is 27.3 Å². The Labute approximate surface area is 117 Å². The summed E-state index contributed by atoms with van der Waals surface area (Å²) in [5.41, 5.74) is 1.79. The molecule has 3 aromatic heterocycles. The maximum absolute atomic E-state index is 4.49. The second kappa shape index (κ2) is 5.20. The van der Waals surface area contributed by atoms with Crippen molar-refractivity contribution in [2.24, 2.45) is 0 Å². The topological polar surface area (TPSA) is 41.6 Å². The summed E-state index contributed by atoms with van der Waals surface area (Å²) in [6.45, 7) is 0. The lowest BCUT2D eigenvalue weighted by molar-refractivity contribution is 0.793. The van der Waals surface area contributed by atoms with Crippen LogP contribution in [0.5, 0.6) is 0 Å². The average Bonchev–Trinajstić information content (AvgIpc) is 2.97. The predicted molar refractivity (Wildman–Crippen MR) is 77.9 cm³/mol. The van der Waals surface area contributed by atoms with Gasteiger partial charge in [0, 0.05) is 22.0 Å². The van der Waals surface area contributed by atoms with E-state index in [1.54, 1.807) is 6.20 Å². The predicted octanol–water partition coefficient (Wildman–Crippen LogP) is 3.96. The van der Waals surface area contributed by atoms with E-state index in [9.17, 15) is 0 Å².